The number of hydrogen-bond donors (Lipinski definition) is 0. The molecule has 1 aromatic carbocycles. The molecule has 0 atom stereocenters. The lowest BCUT2D eigenvalue weighted by atomic mass is 10.1. The summed E-state index contributed by atoms with van der Waals surface area (Å²) < 4.78 is 0. The van der Waals surface area contributed by atoms with Crippen molar-refractivity contribution in [1.82, 2.24) is 0 Å². The summed E-state index contributed by atoms with van der Waals surface area (Å²) >= 11 is 1.77. The predicted molar refractivity (Wildman–Crippen MR) is 62.9 cm³/mol. The van der Waals surface area contributed by atoms with Gasteiger partial charge in [0.1, 0.15) is 0 Å². The number of benzene rings is 1. The lowest BCUT2D eigenvalue weighted by Gasteiger charge is -2.12. The van der Waals surface area contributed by atoms with E-state index in [-0.39, 0.29) is 0 Å². The Balaban J connectivity index is 2.47. The SMILES string of the molecule is CN(C)c1sccc1-c1cc[c]cc1. The minimum Gasteiger partial charge on any atom is -0.369 e. The number of hydrogen-bond acceptors (Lipinski definition) is 2. The van der Waals surface area contributed by atoms with Gasteiger partial charge in [-0.25, -0.2) is 0 Å². The van der Waals surface area contributed by atoms with Crippen LogP contribution < -0.4 is 4.90 Å². The molecule has 1 nitrogen and oxygen atoms in total. The molecule has 0 amide bonds. The van der Waals surface area contributed by atoms with E-state index in [2.05, 4.69) is 48.6 Å². The van der Waals surface area contributed by atoms with Crippen LogP contribution in [0, 0.1) is 6.07 Å². The second kappa shape index (κ2) is 3.84. The van der Waals surface area contributed by atoms with Crippen molar-refractivity contribution in [2.75, 3.05) is 19.0 Å². The molecular weight excluding hydrogens is 190 g/mol. The Morgan fingerprint density at radius 2 is 1.86 bits per heavy atom. The third-order valence-electron chi connectivity index (χ3n) is 2.08. The van der Waals surface area contributed by atoms with Crippen LogP contribution >= 0.6 is 11.3 Å². The van der Waals surface area contributed by atoms with Gasteiger partial charge in [0.05, 0.1) is 5.00 Å². The molecule has 0 saturated heterocycles. The minimum absolute atomic E-state index is 1.26. The van der Waals surface area contributed by atoms with Crippen molar-refractivity contribution < 1.29 is 0 Å². The van der Waals surface area contributed by atoms with Crippen LogP contribution in [0.4, 0.5) is 5.00 Å². The molecule has 0 saturated carbocycles. The fraction of sp³-hybridized carbons (Fsp3) is 0.167. The van der Waals surface area contributed by atoms with Gasteiger partial charge in [-0.05, 0) is 23.1 Å². The Morgan fingerprint density at radius 1 is 1.14 bits per heavy atom. The van der Waals surface area contributed by atoms with Crippen molar-refractivity contribution >= 4 is 16.3 Å². The zero-order chi connectivity index (χ0) is 9.97. The molecule has 0 aliphatic carbocycles. The van der Waals surface area contributed by atoms with Gasteiger partial charge in [0.2, 0.25) is 0 Å². The quantitative estimate of drug-likeness (QED) is 0.722. The van der Waals surface area contributed by atoms with E-state index in [4.69, 9.17) is 0 Å². The van der Waals surface area contributed by atoms with Gasteiger partial charge in [-0.2, -0.15) is 0 Å². The van der Waals surface area contributed by atoms with Gasteiger partial charge in [0.15, 0.2) is 0 Å². The highest BCUT2D eigenvalue weighted by molar-refractivity contribution is 7.14. The first kappa shape index (κ1) is 9.28. The number of rotatable bonds is 2. The summed E-state index contributed by atoms with van der Waals surface area (Å²) in [5.74, 6) is 0. The second-order valence-corrected chi connectivity index (χ2v) is 4.22. The second-order valence-electron chi connectivity index (χ2n) is 3.32. The van der Waals surface area contributed by atoms with E-state index in [9.17, 15) is 0 Å². The molecule has 0 unspecified atom stereocenters. The van der Waals surface area contributed by atoms with Crippen molar-refractivity contribution in [1.29, 1.82) is 0 Å². The van der Waals surface area contributed by atoms with E-state index in [0.717, 1.165) is 0 Å². The maximum atomic E-state index is 3.03. The Kier molecular flexibility index (Phi) is 2.55. The lowest BCUT2D eigenvalue weighted by Crippen LogP contribution is -2.07. The highest BCUT2D eigenvalue weighted by atomic mass is 32.1. The molecule has 0 bridgehead atoms. The van der Waals surface area contributed by atoms with Crippen LogP contribution in [-0.2, 0) is 0 Å². The van der Waals surface area contributed by atoms with Crippen LogP contribution in [0.25, 0.3) is 11.1 Å². The lowest BCUT2D eigenvalue weighted by molar-refractivity contribution is 1.16. The average Bonchev–Trinajstić information content (AvgIpc) is 2.67. The zero-order valence-electron chi connectivity index (χ0n) is 8.32. The first-order valence-electron chi connectivity index (χ1n) is 4.50. The summed E-state index contributed by atoms with van der Waals surface area (Å²) in [7, 11) is 4.15. The Labute approximate surface area is 88.6 Å². The van der Waals surface area contributed by atoms with Gasteiger partial charge in [-0.3, -0.25) is 0 Å². The minimum atomic E-state index is 1.26. The highest BCUT2D eigenvalue weighted by Crippen LogP contribution is 2.34. The summed E-state index contributed by atoms with van der Waals surface area (Å²) in [4.78, 5) is 2.15. The molecule has 0 spiro atoms. The van der Waals surface area contributed by atoms with E-state index < -0.39 is 0 Å². The van der Waals surface area contributed by atoms with E-state index in [1.807, 2.05) is 12.1 Å². The van der Waals surface area contributed by atoms with E-state index >= 15 is 0 Å². The topological polar surface area (TPSA) is 3.24 Å². The number of nitrogens with zero attached hydrogens (tertiary/aromatic N) is 1. The molecular formula is C12H12NS. The summed E-state index contributed by atoms with van der Waals surface area (Å²) in [6, 6.07) is 13.3. The van der Waals surface area contributed by atoms with Crippen LogP contribution in [0.2, 0.25) is 0 Å². The van der Waals surface area contributed by atoms with Crippen LogP contribution in [0.15, 0.2) is 35.7 Å². The fourth-order valence-electron chi connectivity index (χ4n) is 1.43. The Hall–Kier alpha value is -1.28. The molecule has 0 aliphatic rings. The molecule has 2 rings (SSSR count). The first-order chi connectivity index (χ1) is 6.79. The van der Waals surface area contributed by atoms with Crippen LogP contribution in [0.5, 0.6) is 0 Å². The fourth-order valence-corrected chi connectivity index (χ4v) is 2.29. The van der Waals surface area contributed by atoms with Crippen molar-refractivity contribution in [3.05, 3.63) is 41.8 Å². The monoisotopic (exact) mass is 202 g/mol. The summed E-state index contributed by atoms with van der Waals surface area (Å²) in [6.45, 7) is 0. The highest BCUT2D eigenvalue weighted by Gasteiger charge is 2.07. The average molecular weight is 202 g/mol. The Morgan fingerprint density at radius 3 is 2.50 bits per heavy atom. The normalized spacial score (nSPS) is 10.1. The molecule has 0 fully saturated rings. The molecule has 2 aromatic rings. The van der Waals surface area contributed by atoms with Crippen LogP contribution in [-0.4, -0.2) is 14.1 Å². The largest absolute Gasteiger partial charge is 0.369 e. The smallest absolute Gasteiger partial charge is 0.0983 e. The zero-order valence-corrected chi connectivity index (χ0v) is 9.14. The van der Waals surface area contributed by atoms with Crippen molar-refractivity contribution in [2.24, 2.45) is 0 Å². The van der Waals surface area contributed by atoms with Gasteiger partial charge in [0, 0.05) is 19.7 Å². The van der Waals surface area contributed by atoms with Crippen molar-refractivity contribution in [2.45, 2.75) is 0 Å². The summed E-state index contributed by atoms with van der Waals surface area (Å²) in [5.41, 5.74) is 2.56. The molecule has 1 radical (unpaired) electrons. The maximum absolute atomic E-state index is 3.03. The maximum Gasteiger partial charge on any atom is 0.0983 e. The number of anilines is 1. The number of thiophene rings is 1. The summed E-state index contributed by atoms with van der Waals surface area (Å²) in [6.07, 6.45) is 0. The van der Waals surface area contributed by atoms with E-state index in [1.54, 1.807) is 11.3 Å². The van der Waals surface area contributed by atoms with Crippen LogP contribution in [0.3, 0.4) is 0 Å². The molecule has 0 aliphatic heterocycles. The van der Waals surface area contributed by atoms with Crippen molar-refractivity contribution in [3.63, 3.8) is 0 Å². The molecule has 1 aromatic heterocycles. The summed E-state index contributed by atoms with van der Waals surface area (Å²) in [5, 5.41) is 3.43. The molecule has 1 heterocycles. The molecule has 2 heteroatoms. The van der Waals surface area contributed by atoms with Crippen LogP contribution in [0.1, 0.15) is 0 Å². The van der Waals surface area contributed by atoms with E-state index in [0.29, 0.717) is 0 Å². The first-order valence-corrected chi connectivity index (χ1v) is 5.38. The van der Waals surface area contributed by atoms with Gasteiger partial charge in [0.25, 0.3) is 0 Å². The van der Waals surface area contributed by atoms with E-state index in [1.165, 1.54) is 16.1 Å². The van der Waals surface area contributed by atoms with Gasteiger partial charge >= 0.3 is 0 Å². The third-order valence-corrected chi connectivity index (χ3v) is 3.16. The third kappa shape index (κ3) is 1.66. The molecule has 0 N–H and O–H groups in total. The predicted octanol–water partition coefficient (Wildman–Crippen LogP) is 3.28. The molecule has 14 heavy (non-hydrogen) atoms. The molecule has 71 valence electrons. The van der Waals surface area contributed by atoms with Gasteiger partial charge in [-0.15, -0.1) is 11.3 Å². The Bertz CT molecular complexity index is 403. The van der Waals surface area contributed by atoms with Crippen molar-refractivity contribution in [3.8, 4) is 11.1 Å². The standard InChI is InChI=1S/C12H12NS/c1-13(2)12-11(8-9-14-12)10-6-4-3-5-7-10/h4-9H,1-2H3. The van der Waals surface area contributed by atoms with Gasteiger partial charge < -0.3 is 4.90 Å². The van der Waals surface area contributed by atoms with Gasteiger partial charge in [-0.1, -0.05) is 24.3 Å².